The maximum atomic E-state index is 3.81. The average Bonchev–Trinajstić information content (AvgIpc) is 2.84. The maximum Gasteiger partial charge on any atom is 0.0294 e. The van der Waals surface area contributed by atoms with Gasteiger partial charge in [0.15, 0.2) is 0 Å². The second-order valence-corrected chi connectivity index (χ2v) is 6.01. The van der Waals surface area contributed by atoms with Gasteiger partial charge in [0.25, 0.3) is 0 Å². The van der Waals surface area contributed by atoms with Crippen LogP contribution in [0.1, 0.15) is 44.7 Å². The molecule has 1 heteroatoms. The second kappa shape index (κ2) is 5.34. The molecule has 0 saturated heterocycles. The summed E-state index contributed by atoms with van der Waals surface area (Å²) in [5, 5.41) is 6.48. The molecule has 1 aliphatic carbocycles. The van der Waals surface area contributed by atoms with Crippen LogP contribution in [0, 0.1) is 5.92 Å². The van der Waals surface area contributed by atoms with E-state index >= 15 is 0 Å². The van der Waals surface area contributed by atoms with Gasteiger partial charge < -0.3 is 5.32 Å². The third-order valence-electron chi connectivity index (χ3n) is 4.60. The van der Waals surface area contributed by atoms with Crippen molar-refractivity contribution in [2.75, 3.05) is 0 Å². The van der Waals surface area contributed by atoms with E-state index in [0.29, 0.717) is 12.1 Å². The summed E-state index contributed by atoms with van der Waals surface area (Å²) in [4.78, 5) is 0. The molecule has 1 nitrogen and oxygen atoms in total. The van der Waals surface area contributed by atoms with Crippen LogP contribution in [0.3, 0.4) is 0 Å². The Morgan fingerprint density at radius 3 is 2.58 bits per heavy atom. The fraction of sp³-hybridized carbons (Fsp3) is 0.444. The van der Waals surface area contributed by atoms with E-state index in [-0.39, 0.29) is 0 Å². The molecule has 1 saturated carbocycles. The molecule has 0 spiro atoms. The van der Waals surface area contributed by atoms with Crippen molar-refractivity contribution in [3.8, 4) is 0 Å². The molecule has 3 unspecified atom stereocenters. The highest BCUT2D eigenvalue weighted by atomic mass is 15.0. The Bertz CT molecular complexity index is 560. The highest BCUT2D eigenvalue weighted by molar-refractivity contribution is 5.83. The van der Waals surface area contributed by atoms with Crippen LogP contribution in [0.2, 0.25) is 0 Å². The van der Waals surface area contributed by atoms with Crippen molar-refractivity contribution in [1.29, 1.82) is 0 Å². The lowest BCUT2D eigenvalue weighted by atomic mass is 10.0. The van der Waals surface area contributed by atoms with E-state index in [0.717, 1.165) is 5.92 Å². The van der Waals surface area contributed by atoms with Crippen LogP contribution in [0.15, 0.2) is 42.5 Å². The van der Waals surface area contributed by atoms with E-state index in [4.69, 9.17) is 0 Å². The van der Waals surface area contributed by atoms with Crippen molar-refractivity contribution in [3.05, 3.63) is 48.0 Å². The van der Waals surface area contributed by atoms with Gasteiger partial charge in [0, 0.05) is 12.1 Å². The third kappa shape index (κ3) is 2.66. The molecule has 3 rings (SSSR count). The Hall–Kier alpha value is -1.34. The van der Waals surface area contributed by atoms with Gasteiger partial charge in [-0.3, -0.25) is 0 Å². The van der Waals surface area contributed by atoms with E-state index < -0.39 is 0 Å². The van der Waals surface area contributed by atoms with Crippen molar-refractivity contribution >= 4 is 10.8 Å². The molecule has 19 heavy (non-hydrogen) atoms. The minimum Gasteiger partial charge on any atom is -0.307 e. The predicted octanol–water partition coefficient (Wildman–Crippen LogP) is 4.68. The van der Waals surface area contributed by atoms with Crippen LogP contribution in [-0.2, 0) is 0 Å². The maximum absolute atomic E-state index is 3.81. The van der Waals surface area contributed by atoms with Crippen LogP contribution in [-0.4, -0.2) is 6.04 Å². The number of hydrogen-bond donors (Lipinski definition) is 1. The first kappa shape index (κ1) is 12.7. The lowest BCUT2D eigenvalue weighted by Crippen LogP contribution is -2.33. The molecule has 3 atom stereocenters. The van der Waals surface area contributed by atoms with E-state index in [2.05, 4.69) is 61.6 Å². The zero-order valence-electron chi connectivity index (χ0n) is 11.9. The molecule has 2 aromatic rings. The molecule has 0 amide bonds. The lowest BCUT2D eigenvalue weighted by molar-refractivity contribution is 0.388. The quantitative estimate of drug-likeness (QED) is 0.837. The van der Waals surface area contributed by atoms with Crippen molar-refractivity contribution in [2.24, 2.45) is 5.92 Å². The Morgan fingerprint density at radius 2 is 1.84 bits per heavy atom. The van der Waals surface area contributed by atoms with Gasteiger partial charge in [0.2, 0.25) is 0 Å². The fourth-order valence-corrected chi connectivity index (χ4v) is 3.29. The molecule has 1 N–H and O–H groups in total. The van der Waals surface area contributed by atoms with Gasteiger partial charge in [-0.1, -0.05) is 49.7 Å². The number of fused-ring (bicyclic) bond motifs is 1. The fourth-order valence-electron chi connectivity index (χ4n) is 3.29. The van der Waals surface area contributed by atoms with Crippen molar-refractivity contribution in [3.63, 3.8) is 0 Å². The molecule has 0 aliphatic heterocycles. The number of hydrogen-bond acceptors (Lipinski definition) is 1. The molecule has 0 heterocycles. The standard InChI is InChI=1S/C18H23N/c1-13-6-5-9-18(13)19-14(2)16-11-10-15-7-3-4-8-17(15)12-16/h3-4,7-8,10-14,18-19H,5-6,9H2,1-2H3. The van der Waals surface area contributed by atoms with Gasteiger partial charge in [0.05, 0.1) is 0 Å². The molecule has 1 aliphatic rings. The second-order valence-electron chi connectivity index (χ2n) is 6.01. The number of benzene rings is 2. The van der Waals surface area contributed by atoms with Gasteiger partial charge in [-0.05, 0) is 48.1 Å². The third-order valence-corrected chi connectivity index (χ3v) is 4.60. The smallest absolute Gasteiger partial charge is 0.0294 e. The summed E-state index contributed by atoms with van der Waals surface area (Å²) in [5.41, 5.74) is 1.40. The van der Waals surface area contributed by atoms with Gasteiger partial charge >= 0.3 is 0 Å². The average molecular weight is 253 g/mol. The van der Waals surface area contributed by atoms with Crippen LogP contribution in [0.5, 0.6) is 0 Å². The lowest BCUT2D eigenvalue weighted by Gasteiger charge is -2.23. The monoisotopic (exact) mass is 253 g/mol. The Labute approximate surface area is 116 Å². The zero-order valence-corrected chi connectivity index (χ0v) is 11.9. The van der Waals surface area contributed by atoms with E-state index in [9.17, 15) is 0 Å². The highest BCUT2D eigenvalue weighted by Gasteiger charge is 2.24. The normalized spacial score (nSPS) is 24.7. The minimum absolute atomic E-state index is 0.440. The van der Waals surface area contributed by atoms with Gasteiger partial charge in [0.1, 0.15) is 0 Å². The Balaban J connectivity index is 1.79. The summed E-state index contributed by atoms with van der Waals surface area (Å²) in [6.45, 7) is 4.66. The van der Waals surface area contributed by atoms with E-state index in [1.54, 1.807) is 0 Å². The van der Waals surface area contributed by atoms with Gasteiger partial charge in [-0.25, -0.2) is 0 Å². The molecule has 100 valence electrons. The van der Waals surface area contributed by atoms with Crippen LogP contribution >= 0.6 is 0 Å². The molecule has 1 fully saturated rings. The molecule has 0 aromatic heterocycles. The van der Waals surface area contributed by atoms with Crippen molar-refractivity contribution in [1.82, 2.24) is 5.32 Å². The summed E-state index contributed by atoms with van der Waals surface area (Å²) in [6.07, 6.45) is 4.09. The van der Waals surface area contributed by atoms with E-state index in [1.165, 1.54) is 35.6 Å². The van der Waals surface area contributed by atoms with Crippen molar-refractivity contribution in [2.45, 2.75) is 45.2 Å². The summed E-state index contributed by atoms with van der Waals surface area (Å²) in [7, 11) is 0. The first-order chi connectivity index (χ1) is 9.24. The minimum atomic E-state index is 0.440. The molecular weight excluding hydrogens is 230 g/mol. The van der Waals surface area contributed by atoms with Gasteiger partial charge in [-0.2, -0.15) is 0 Å². The first-order valence-electron chi connectivity index (χ1n) is 7.49. The number of rotatable bonds is 3. The van der Waals surface area contributed by atoms with Gasteiger partial charge in [-0.15, -0.1) is 0 Å². The van der Waals surface area contributed by atoms with E-state index in [1.807, 2.05) is 0 Å². The van der Waals surface area contributed by atoms with Crippen LogP contribution in [0.4, 0.5) is 0 Å². The van der Waals surface area contributed by atoms with Crippen molar-refractivity contribution < 1.29 is 0 Å². The molecule has 0 radical (unpaired) electrons. The highest BCUT2D eigenvalue weighted by Crippen LogP contribution is 2.28. The summed E-state index contributed by atoms with van der Waals surface area (Å²) in [5.74, 6) is 0.822. The summed E-state index contributed by atoms with van der Waals surface area (Å²) < 4.78 is 0. The molecular formula is C18H23N. The number of nitrogens with one attached hydrogen (secondary N) is 1. The Morgan fingerprint density at radius 1 is 1.05 bits per heavy atom. The summed E-state index contributed by atoms with van der Waals surface area (Å²) >= 11 is 0. The largest absolute Gasteiger partial charge is 0.307 e. The Kier molecular flexibility index (Phi) is 3.56. The topological polar surface area (TPSA) is 12.0 Å². The molecule has 0 bridgehead atoms. The predicted molar refractivity (Wildman–Crippen MR) is 82.3 cm³/mol. The summed E-state index contributed by atoms with van der Waals surface area (Å²) in [6, 6.07) is 16.6. The zero-order chi connectivity index (χ0) is 13.2. The van der Waals surface area contributed by atoms with Crippen LogP contribution < -0.4 is 5.32 Å². The molecule has 2 aromatic carbocycles. The SMILES string of the molecule is CC(NC1CCCC1C)c1ccc2ccccc2c1. The first-order valence-corrected chi connectivity index (χ1v) is 7.49. The van der Waals surface area contributed by atoms with Crippen LogP contribution in [0.25, 0.3) is 10.8 Å².